The van der Waals surface area contributed by atoms with Crippen LogP contribution in [-0.2, 0) is 0 Å². The lowest BCUT2D eigenvalue weighted by Gasteiger charge is -2.10. The first-order chi connectivity index (χ1) is 9.85. The Bertz CT molecular complexity index is 712. The lowest BCUT2D eigenvalue weighted by molar-refractivity contribution is 0.103. The Morgan fingerprint density at radius 1 is 1.10 bits per heavy atom. The molecule has 2 aromatic carbocycles. The highest BCUT2D eigenvalue weighted by molar-refractivity contribution is 9.10. The highest BCUT2D eigenvalue weighted by Crippen LogP contribution is 2.33. The predicted molar refractivity (Wildman–Crippen MR) is 80.5 cm³/mol. The monoisotopic (exact) mass is 394 g/mol. The zero-order valence-electron chi connectivity index (χ0n) is 10.5. The second kappa shape index (κ2) is 6.30. The summed E-state index contributed by atoms with van der Waals surface area (Å²) in [5.41, 5.74) is -0.802. The van der Waals surface area contributed by atoms with E-state index in [2.05, 4.69) is 15.9 Å². The largest absolute Gasteiger partial charge is 0.495 e. The minimum absolute atomic E-state index is 0.0111. The second-order valence-electron chi connectivity index (χ2n) is 4.04. The third-order valence-electron chi connectivity index (χ3n) is 2.72. The zero-order valence-corrected chi connectivity index (χ0v) is 13.6. The van der Waals surface area contributed by atoms with Gasteiger partial charge in [-0.3, -0.25) is 4.79 Å². The fourth-order valence-corrected chi connectivity index (χ4v) is 2.64. The number of ketones is 1. The summed E-state index contributed by atoms with van der Waals surface area (Å²) >= 11 is 14.8. The summed E-state index contributed by atoms with van der Waals surface area (Å²) in [5, 5.41) is 0.103. The van der Waals surface area contributed by atoms with E-state index in [1.807, 2.05) is 0 Å². The molecule has 0 heterocycles. The third-order valence-corrected chi connectivity index (χ3v) is 3.79. The van der Waals surface area contributed by atoms with Crippen LogP contribution >= 0.6 is 39.1 Å². The van der Waals surface area contributed by atoms with Crippen LogP contribution < -0.4 is 4.74 Å². The normalized spacial score (nSPS) is 10.6. The number of halogens is 5. The van der Waals surface area contributed by atoms with Gasteiger partial charge in [-0.25, -0.2) is 8.78 Å². The van der Waals surface area contributed by atoms with Gasteiger partial charge < -0.3 is 4.74 Å². The summed E-state index contributed by atoms with van der Waals surface area (Å²) in [4.78, 5) is 12.3. The van der Waals surface area contributed by atoms with Crippen molar-refractivity contribution in [3.63, 3.8) is 0 Å². The molecule has 2 rings (SSSR count). The van der Waals surface area contributed by atoms with Crippen LogP contribution in [0.1, 0.15) is 15.9 Å². The van der Waals surface area contributed by atoms with E-state index >= 15 is 0 Å². The van der Waals surface area contributed by atoms with Crippen LogP contribution in [0.25, 0.3) is 0 Å². The van der Waals surface area contributed by atoms with Crippen LogP contribution in [0.15, 0.2) is 28.7 Å². The van der Waals surface area contributed by atoms with E-state index in [0.29, 0.717) is 0 Å². The summed E-state index contributed by atoms with van der Waals surface area (Å²) in [5.74, 6) is -2.62. The molecule has 0 atom stereocenters. The van der Waals surface area contributed by atoms with Crippen LogP contribution in [0.5, 0.6) is 5.75 Å². The number of hydrogen-bond acceptors (Lipinski definition) is 2. The van der Waals surface area contributed by atoms with Crippen molar-refractivity contribution in [1.29, 1.82) is 0 Å². The SMILES string of the molecule is COc1cc(Cl)c(C(=O)c2c(F)cc(Br)cc2F)cc1Cl. The summed E-state index contributed by atoms with van der Waals surface area (Å²) in [6.45, 7) is 0. The Morgan fingerprint density at radius 2 is 1.67 bits per heavy atom. The van der Waals surface area contributed by atoms with Gasteiger partial charge >= 0.3 is 0 Å². The highest BCUT2D eigenvalue weighted by Gasteiger charge is 2.23. The number of ether oxygens (including phenoxy) is 1. The molecule has 0 saturated heterocycles. The van der Waals surface area contributed by atoms with Gasteiger partial charge in [0.05, 0.1) is 22.7 Å². The van der Waals surface area contributed by atoms with Gasteiger partial charge in [0.2, 0.25) is 0 Å². The molecular weight excluding hydrogens is 389 g/mol. The quantitative estimate of drug-likeness (QED) is 0.661. The van der Waals surface area contributed by atoms with Gasteiger partial charge in [0.15, 0.2) is 5.78 Å². The van der Waals surface area contributed by atoms with Crippen LogP contribution in [0.4, 0.5) is 8.78 Å². The summed E-state index contributed by atoms with van der Waals surface area (Å²) in [6, 6.07) is 4.52. The van der Waals surface area contributed by atoms with E-state index in [1.165, 1.54) is 19.2 Å². The van der Waals surface area contributed by atoms with Crippen molar-refractivity contribution >= 4 is 44.9 Å². The lowest BCUT2D eigenvalue weighted by atomic mass is 10.0. The molecule has 0 amide bonds. The molecule has 0 fully saturated rings. The molecule has 2 nitrogen and oxygen atoms in total. The smallest absolute Gasteiger partial charge is 0.200 e. The molecule has 0 spiro atoms. The molecule has 0 aliphatic heterocycles. The molecule has 0 aliphatic rings. The standard InChI is InChI=1S/C14H7BrCl2F2O2/c1-21-12-5-8(16)7(4-9(12)17)14(20)13-10(18)2-6(15)3-11(13)19/h2-5H,1H3. The maximum absolute atomic E-state index is 13.8. The Hall–Kier alpha value is -1.17. The molecule has 0 aliphatic carbocycles. The molecule has 0 aromatic heterocycles. The molecular formula is C14H7BrCl2F2O2. The van der Waals surface area contributed by atoms with Gasteiger partial charge in [0, 0.05) is 16.1 Å². The number of benzene rings is 2. The predicted octanol–water partition coefficient (Wildman–Crippen LogP) is 5.27. The summed E-state index contributed by atoms with van der Waals surface area (Å²) in [7, 11) is 1.38. The van der Waals surface area contributed by atoms with Gasteiger partial charge in [-0.2, -0.15) is 0 Å². The number of hydrogen-bond donors (Lipinski definition) is 0. The fraction of sp³-hybridized carbons (Fsp3) is 0.0714. The van der Waals surface area contributed by atoms with Crippen molar-refractivity contribution in [2.24, 2.45) is 0 Å². The van der Waals surface area contributed by atoms with E-state index in [0.717, 1.165) is 12.1 Å². The van der Waals surface area contributed by atoms with Crippen molar-refractivity contribution in [2.75, 3.05) is 7.11 Å². The molecule has 0 N–H and O–H groups in total. The van der Waals surface area contributed by atoms with Crippen LogP contribution in [0, 0.1) is 11.6 Å². The number of methoxy groups -OCH3 is 1. The third kappa shape index (κ3) is 3.20. The van der Waals surface area contributed by atoms with Crippen molar-refractivity contribution in [3.05, 3.63) is 61.5 Å². The summed E-state index contributed by atoms with van der Waals surface area (Å²) < 4.78 is 32.8. The molecule has 21 heavy (non-hydrogen) atoms. The Labute approximate surface area is 137 Å². The Morgan fingerprint density at radius 3 is 2.19 bits per heavy atom. The minimum atomic E-state index is -0.991. The Balaban J connectivity index is 2.58. The van der Waals surface area contributed by atoms with E-state index in [9.17, 15) is 13.6 Å². The topological polar surface area (TPSA) is 26.3 Å². The van der Waals surface area contributed by atoms with E-state index < -0.39 is 23.0 Å². The summed E-state index contributed by atoms with van der Waals surface area (Å²) in [6.07, 6.45) is 0. The Kier molecular flexibility index (Phi) is 4.86. The molecule has 0 saturated carbocycles. The van der Waals surface area contributed by atoms with Gasteiger partial charge in [0.1, 0.15) is 17.4 Å². The first kappa shape index (κ1) is 16.2. The van der Waals surface area contributed by atoms with Gasteiger partial charge in [-0.1, -0.05) is 39.1 Å². The fourth-order valence-electron chi connectivity index (χ4n) is 1.75. The maximum atomic E-state index is 13.8. The first-order valence-corrected chi connectivity index (χ1v) is 7.12. The van der Waals surface area contributed by atoms with Crippen LogP contribution in [0.3, 0.4) is 0 Å². The minimum Gasteiger partial charge on any atom is -0.495 e. The first-order valence-electron chi connectivity index (χ1n) is 5.57. The number of carbonyl (C=O) groups is 1. The van der Waals surface area contributed by atoms with Crippen LogP contribution in [0.2, 0.25) is 10.0 Å². The van der Waals surface area contributed by atoms with Gasteiger partial charge in [-0.15, -0.1) is 0 Å². The lowest BCUT2D eigenvalue weighted by Crippen LogP contribution is -2.08. The molecule has 110 valence electrons. The van der Waals surface area contributed by atoms with E-state index in [1.54, 1.807) is 0 Å². The zero-order chi connectivity index (χ0) is 15.7. The van der Waals surface area contributed by atoms with Crippen LogP contribution in [-0.4, -0.2) is 12.9 Å². The molecule has 0 bridgehead atoms. The van der Waals surface area contributed by atoms with Crippen molar-refractivity contribution in [2.45, 2.75) is 0 Å². The van der Waals surface area contributed by atoms with E-state index in [-0.39, 0.29) is 25.8 Å². The number of rotatable bonds is 3. The van der Waals surface area contributed by atoms with E-state index in [4.69, 9.17) is 27.9 Å². The average Bonchev–Trinajstić information content (AvgIpc) is 2.39. The average molecular weight is 396 g/mol. The highest BCUT2D eigenvalue weighted by atomic mass is 79.9. The molecule has 2 aromatic rings. The molecule has 0 unspecified atom stereocenters. The molecule has 7 heteroatoms. The number of carbonyl (C=O) groups excluding carboxylic acids is 1. The maximum Gasteiger partial charge on any atom is 0.200 e. The van der Waals surface area contributed by atoms with Gasteiger partial charge in [0.25, 0.3) is 0 Å². The van der Waals surface area contributed by atoms with Crippen molar-refractivity contribution in [3.8, 4) is 5.75 Å². The van der Waals surface area contributed by atoms with Crippen molar-refractivity contribution in [1.82, 2.24) is 0 Å². The second-order valence-corrected chi connectivity index (χ2v) is 5.77. The molecule has 0 radical (unpaired) electrons. The van der Waals surface area contributed by atoms with Crippen molar-refractivity contribution < 1.29 is 18.3 Å². The van der Waals surface area contributed by atoms with Gasteiger partial charge in [-0.05, 0) is 18.2 Å².